The molecule has 0 saturated heterocycles. The van der Waals surface area contributed by atoms with E-state index in [4.69, 9.17) is 9.47 Å². The predicted molar refractivity (Wildman–Crippen MR) is 127 cm³/mol. The summed E-state index contributed by atoms with van der Waals surface area (Å²) >= 11 is 0. The van der Waals surface area contributed by atoms with Gasteiger partial charge in [0.05, 0.1) is 30.6 Å². The average Bonchev–Trinajstić information content (AvgIpc) is 3.49. The quantitative estimate of drug-likeness (QED) is 0.358. The van der Waals surface area contributed by atoms with E-state index < -0.39 is 0 Å². The number of pyridine rings is 1. The van der Waals surface area contributed by atoms with E-state index in [9.17, 15) is 4.79 Å². The SMILES string of the molecule is COCCOCC(=O)N1CC=C(c2cc3c(Nc4ccc5[nH]ncc5c4)ccnc3[nH]2)CC1. The number of carbonyl (C=O) groups excluding carboxylic acids is 1. The zero-order valence-electron chi connectivity index (χ0n) is 18.4. The lowest BCUT2D eigenvalue weighted by molar-refractivity contribution is -0.136. The summed E-state index contributed by atoms with van der Waals surface area (Å²) in [6, 6.07) is 10.2. The first kappa shape index (κ1) is 21.2. The molecule has 0 bridgehead atoms. The van der Waals surface area contributed by atoms with Crippen LogP contribution in [0.5, 0.6) is 0 Å². The Balaban J connectivity index is 1.30. The fourth-order valence-electron chi connectivity index (χ4n) is 4.02. The molecule has 33 heavy (non-hydrogen) atoms. The standard InChI is InChI=1S/C24H26N6O3/c1-32-10-11-33-15-23(31)30-8-5-16(6-9-30)22-13-19-21(4-7-25-24(19)28-22)27-18-2-3-20-17(12-18)14-26-29-20/h2-5,7,12-14H,6,8-11,15H2,1H3,(H,26,29)(H2,25,27,28). The highest BCUT2D eigenvalue weighted by molar-refractivity contribution is 5.95. The Morgan fingerprint density at radius 1 is 1.24 bits per heavy atom. The van der Waals surface area contributed by atoms with Crippen molar-refractivity contribution in [3.63, 3.8) is 0 Å². The largest absolute Gasteiger partial charge is 0.382 e. The summed E-state index contributed by atoms with van der Waals surface area (Å²) < 4.78 is 10.3. The minimum Gasteiger partial charge on any atom is -0.382 e. The maximum atomic E-state index is 12.3. The van der Waals surface area contributed by atoms with Gasteiger partial charge in [-0.1, -0.05) is 6.08 Å². The van der Waals surface area contributed by atoms with Crippen molar-refractivity contribution in [2.45, 2.75) is 6.42 Å². The zero-order valence-corrected chi connectivity index (χ0v) is 18.4. The molecular weight excluding hydrogens is 420 g/mol. The Morgan fingerprint density at radius 3 is 3.03 bits per heavy atom. The fraction of sp³-hybridized carbons (Fsp3) is 0.292. The molecule has 0 saturated carbocycles. The van der Waals surface area contributed by atoms with E-state index in [1.54, 1.807) is 13.3 Å². The van der Waals surface area contributed by atoms with Crippen molar-refractivity contribution in [1.29, 1.82) is 0 Å². The number of ether oxygens (including phenoxy) is 2. The second-order valence-corrected chi connectivity index (χ2v) is 7.97. The van der Waals surface area contributed by atoms with Gasteiger partial charge in [0.2, 0.25) is 5.91 Å². The summed E-state index contributed by atoms with van der Waals surface area (Å²) in [5, 5.41) is 12.6. The molecule has 0 unspecified atom stereocenters. The van der Waals surface area contributed by atoms with Crippen LogP contribution in [0.3, 0.4) is 0 Å². The first-order valence-electron chi connectivity index (χ1n) is 10.9. The average molecular weight is 447 g/mol. The lowest BCUT2D eigenvalue weighted by Gasteiger charge is -2.26. The van der Waals surface area contributed by atoms with Gasteiger partial charge in [0.25, 0.3) is 0 Å². The van der Waals surface area contributed by atoms with Gasteiger partial charge in [-0.3, -0.25) is 9.89 Å². The number of amides is 1. The molecule has 0 aliphatic carbocycles. The summed E-state index contributed by atoms with van der Waals surface area (Å²) in [4.78, 5) is 22.1. The number of fused-ring (bicyclic) bond motifs is 2. The smallest absolute Gasteiger partial charge is 0.248 e. The van der Waals surface area contributed by atoms with Gasteiger partial charge in [0.15, 0.2) is 0 Å². The number of hydrogen-bond donors (Lipinski definition) is 3. The van der Waals surface area contributed by atoms with Crippen molar-refractivity contribution in [3.8, 4) is 0 Å². The topological polar surface area (TPSA) is 108 Å². The highest BCUT2D eigenvalue weighted by Crippen LogP contribution is 2.31. The van der Waals surface area contributed by atoms with Gasteiger partial charge in [-0.15, -0.1) is 0 Å². The minimum absolute atomic E-state index is 0.000735. The number of nitrogens with one attached hydrogen (secondary N) is 3. The lowest BCUT2D eigenvalue weighted by Crippen LogP contribution is -2.37. The molecule has 9 heteroatoms. The molecule has 9 nitrogen and oxygen atoms in total. The van der Waals surface area contributed by atoms with Crippen LogP contribution in [-0.4, -0.2) is 71.0 Å². The maximum absolute atomic E-state index is 12.3. The van der Waals surface area contributed by atoms with Crippen LogP contribution in [0, 0.1) is 0 Å². The van der Waals surface area contributed by atoms with Crippen molar-refractivity contribution < 1.29 is 14.3 Å². The van der Waals surface area contributed by atoms with E-state index in [0.717, 1.165) is 45.4 Å². The van der Waals surface area contributed by atoms with Crippen LogP contribution in [0.15, 0.2) is 48.8 Å². The minimum atomic E-state index is 0.000735. The molecule has 1 aliphatic rings. The highest BCUT2D eigenvalue weighted by atomic mass is 16.5. The second-order valence-electron chi connectivity index (χ2n) is 7.97. The van der Waals surface area contributed by atoms with Crippen molar-refractivity contribution >= 4 is 44.8 Å². The number of carbonyl (C=O) groups is 1. The molecule has 0 radical (unpaired) electrons. The third kappa shape index (κ3) is 4.59. The Kier molecular flexibility index (Phi) is 6.05. The van der Waals surface area contributed by atoms with Crippen LogP contribution in [-0.2, 0) is 14.3 Å². The number of H-pyrrole nitrogens is 2. The Bertz CT molecular complexity index is 1310. The van der Waals surface area contributed by atoms with Gasteiger partial charge in [-0.05, 0) is 42.3 Å². The van der Waals surface area contributed by atoms with Crippen LogP contribution in [0.25, 0.3) is 27.5 Å². The summed E-state index contributed by atoms with van der Waals surface area (Å²) in [7, 11) is 1.61. The van der Waals surface area contributed by atoms with E-state index in [2.05, 4.69) is 43.7 Å². The number of hydrogen-bond acceptors (Lipinski definition) is 6. The van der Waals surface area contributed by atoms with E-state index in [0.29, 0.717) is 26.3 Å². The lowest BCUT2D eigenvalue weighted by atomic mass is 10.0. The molecule has 5 rings (SSSR count). The van der Waals surface area contributed by atoms with Crippen LogP contribution in [0.2, 0.25) is 0 Å². The first-order chi connectivity index (χ1) is 16.2. The number of benzene rings is 1. The molecular formula is C24H26N6O3. The molecule has 0 atom stereocenters. The van der Waals surface area contributed by atoms with E-state index in [-0.39, 0.29) is 12.5 Å². The number of aromatic amines is 2. The summed E-state index contributed by atoms with van der Waals surface area (Å²) in [5.41, 5.74) is 6.00. The van der Waals surface area contributed by atoms with E-state index >= 15 is 0 Å². The predicted octanol–water partition coefficient (Wildman–Crippen LogP) is 3.46. The van der Waals surface area contributed by atoms with Crippen molar-refractivity contribution in [2.24, 2.45) is 0 Å². The molecule has 0 spiro atoms. The Morgan fingerprint density at radius 2 is 2.18 bits per heavy atom. The molecule has 170 valence electrons. The Labute approximate surface area is 190 Å². The summed E-state index contributed by atoms with van der Waals surface area (Å²) in [5.74, 6) is 0.000735. The second kappa shape index (κ2) is 9.43. The molecule has 1 aliphatic heterocycles. The molecule has 1 amide bonds. The van der Waals surface area contributed by atoms with E-state index in [1.165, 1.54) is 5.57 Å². The molecule has 3 N–H and O–H groups in total. The van der Waals surface area contributed by atoms with Crippen molar-refractivity contribution in [2.75, 3.05) is 45.3 Å². The van der Waals surface area contributed by atoms with Crippen LogP contribution in [0.4, 0.5) is 11.4 Å². The summed E-state index contributed by atoms with van der Waals surface area (Å²) in [6.07, 6.45) is 6.48. The third-order valence-electron chi connectivity index (χ3n) is 5.82. The first-order valence-corrected chi connectivity index (χ1v) is 10.9. The monoisotopic (exact) mass is 446 g/mol. The van der Waals surface area contributed by atoms with Gasteiger partial charge in [0, 0.05) is 48.5 Å². The van der Waals surface area contributed by atoms with Crippen molar-refractivity contribution in [3.05, 3.63) is 54.5 Å². The molecule has 1 aromatic carbocycles. The van der Waals surface area contributed by atoms with Crippen molar-refractivity contribution in [1.82, 2.24) is 25.1 Å². The molecule has 4 heterocycles. The molecule has 0 fully saturated rings. The van der Waals surface area contributed by atoms with Crippen LogP contribution in [0.1, 0.15) is 12.1 Å². The number of aromatic nitrogens is 4. The summed E-state index contributed by atoms with van der Waals surface area (Å²) in [6.45, 7) is 2.23. The molecule has 3 aromatic heterocycles. The fourth-order valence-corrected chi connectivity index (χ4v) is 4.02. The highest BCUT2D eigenvalue weighted by Gasteiger charge is 2.19. The van der Waals surface area contributed by atoms with Gasteiger partial charge >= 0.3 is 0 Å². The van der Waals surface area contributed by atoms with Gasteiger partial charge in [-0.25, -0.2) is 4.98 Å². The zero-order chi connectivity index (χ0) is 22.6. The normalized spacial score (nSPS) is 14.1. The third-order valence-corrected chi connectivity index (χ3v) is 5.82. The number of methoxy groups -OCH3 is 1. The van der Waals surface area contributed by atoms with E-state index in [1.807, 2.05) is 29.3 Å². The van der Waals surface area contributed by atoms with Gasteiger partial charge in [-0.2, -0.15) is 5.10 Å². The number of rotatable bonds is 8. The van der Waals surface area contributed by atoms with Gasteiger partial charge < -0.3 is 24.7 Å². The van der Waals surface area contributed by atoms with Crippen LogP contribution < -0.4 is 5.32 Å². The maximum Gasteiger partial charge on any atom is 0.248 e. The molecule has 4 aromatic rings. The number of nitrogens with zero attached hydrogens (tertiary/aromatic N) is 3. The van der Waals surface area contributed by atoms with Gasteiger partial charge in [0.1, 0.15) is 12.3 Å². The Hall–Kier alpha value is -3.69. The van der Waals surface area contributed by atoms with Crippen LogP contribution >= 0.6 is 0 Å². The number of anilines is 2.